The van der Waals surface area contributed by atoms with Gasteiger partial charge in [0.25, 0.3) is 0 Å². The highest BCUT2D eigenvalue weighted by Crippen LogP contribution is 2.49. The van der Waals surface area contributed by atoms with E-state index in [4.69, 9.17) is 6.42 Å². The van der Waals surface area contributed by atoms with Crippen LogP contribution in [-0.2, 0) is 0 Å². The minimum atomic E-state index is -1.02. The van der Waals surface area contributed by atoms with Crippen LogP contribution in [0.5, 0.6) is 0 Å². The van der Waals surface area contributed by atoms with Gasteiger partial charge in [-0.05, 0) is 24.3 Å². The number of benzene rings is 1. The van der Waals surface area contributed by atoms with Crippen LogP contribution in [0, 0.1) is 12.3 Å². The summed E-state index contributed by atoms with van der Waals surface area (Å²) in [7, 11) is -1.02. The molecule has 1 aromatic carbocycles. The molecule has 0 aliphatic carbocycles. The quantitative estimate of drug-likeness (QED) is 0.422. The second-order valence-electron chi connectivity index (χ2n) is 4.16. The third kappa shape index (κ3) is 4.05. The van der Waals surface area contributed by atoms with Crippen molar-refractivity contribution in [2.45, 2.75) is 0 Å². The van der Waals surface area contributed by atoms with Crippen LogP contribution in [0.4, 0.5) is 0 Å². The Kier molecular flexibility index (Phi) is 5.03. The van der Waals surface area contributed by atoms with E-state index in [1.807, 2.05) is 12.2 Å². The third-order valence-corrected chi connectivity index (χ3v) is 5.28. The van der Waals surface area contributed by atoms with E-state index in [-0.39, 0.29) is 0 Å². The van der Waals surface area contributed by atoms with E-state index in [2.05, 4.69) is 55.7 Å². The molecular formula is C15H18P+. The summed E-state index contributed by atoms with van der Waals surface area (Å²) in [5.74, 6) is 2.47. The summed E-state index contributed by atoms with van der Waals surface area (Å²) < 4.78 is 0. The molecule has 0 aliphatic rings. The number of hydrogen-bond acceptors (Lipinski definition) is 0. The van der Waals surface area contributed by atoms with Gasteiger partial charge in [-0.25, -0.2) is 0 Å². The molecule has 0 atom stereocenters. The lowest BCUT2D eigenvalue weighted by Gasteiger charge is -2.15. The Balaban J connectivity index is 2.63. The van der Waals surface area contributed by atoms with E-state index in [0.717, 1.165) is 6.16 Å². The minimum Gasteiger partial charge on any atom is -0.115 e. The Labute approximate surface area is 99.4 Å². The summed E-state index contributed by atoms with van der Waals surface area (Å²) >= 11 is 0. The van der Waals surface area contributed by atoms with Gasteiger partial charge in [0.2, 0.25) is 0 Å². The summed E-state index contributed by atoms with van der Waals surface area (Å²) in [6.07, 6.45) is 14.1. The van der Waals surface area contributed by atoms with E-state index >= 15 is 0 Å². The molecule has 0 unspecified atom stereocenters. The lowest BCUT2D eigenvalue weighted by Crippen LogP contribution is -2.10. The van der Waals surface area contributed by atoms with Crippen molar-refractivity contribution in [2.75, 3.05) is 19.5 Å². The molecule has 0 spiro atoms. The first kappa shape index (κ1) is 12.8. The van der Waals surface area contributed by atoms with Gasteiger partial charge in [0.15, 0.2) is 0 Å². The summed E-state index contributed by atoms with van der Waals surface area (Å²) in [6, 6.07) is 10.7. The van der Waals surface area contributed by atoms with Gasteiger partial charge in [-0.2, -0.15) is 0 Å². The predicted octanol–water partition coefficient (Wildman–Crippen LogP) is 3.33. The first-order valence-electron chi connectivity index (χ1n) is 5.33. The van der Waals surface area contributed by atoms with E-state index in [1.165, 1.54) is 5.30 Å². The number of rotatable bonds is 4. The fourth-order valence-electron chi connectivity index (χ4n) is 1.45. The summed E-state index contributed by atoms with van der Waals surface area (Å²) in [4.78, 5) is 0. The van der Waals surface area contributed by atoms with Crippen LogP contribution < -0.4 is 5.30 Å². The van der Waals surface area contributed by atoms with Crippen LogP contribution in [0.1, 0.15) is 0 Å². The molecule has 0 aliphatic heterocycles. The molecule has 1 aromatic rings. The molecule has 0 saturated heterocycles. The highest BCUT2D eigenvalue weighted by atomic mass is 31.2. The molecule has 0 amide bonds. The molecule has 1 heteroatoms. The molecule has 0 radical (unpaired) electrons. The van der Waals surface area contributed by atoms with Crippen LogP contribution in [0.3, 0.4) is 0 Å². The van der Waals surface area contributed by atoms with Crippen molar-refractivity contribution >= 4 is 12.6 Å². The monoisotopic (exact) mass is 229 g/mol. The van der Waals surface area contributed by atoms with E-state index < -0.39 is 7.26 Å². The zero-order chi connectivity index (χ0) is 11.9. The zero-order valence-electron chi connectivity index (χ0n) is 9.93. The van der Waals surface area contributed by atoms with Crippen molar-refractivity contribution in [1.82, 2.24) is 0 Å². The maximum absolute atomic E-state index is 5.12. The van der Waals surface area contributed by atoms with Crippen molar-refractivity contribution in [3.8, 4) is 12.3 Å². The molecular weight excluding hydrogens is 211 g/mol. The number of terminal acetylenes is 1. The molecule has 1 rings (SSSR count). The normalized spacial score (nSPS) is 12.1. The molecule has 0 aromatic heterocycles. The lowest BCUT2D eigenvalue weighted by molar-refractivity contribution is 1.65. The SMILES string of the molecule is C#C/C=C\C=C/C[P+](C)(C)c1ccccc1. The third-order valence-electron chi connectivity index (χ3n) is 2.46. The van der Waals surface area contributed by atoms with Gasteiger partial charge < -0.3 is 0 Å². The van der Waals surface area contributed by atoms with Crippen molar-refractivity contribution in [2.24, 2.45) is 0 Å². The van der Waals surface area contributed by atoms with Gasteiger partial charge in [0.1, 0.15) is 0 Å². The number of allylic oxidation sites excluding steroid dienone is 4. The van der Waals surface area contributed by atoms with Gasteiger partial charge in [0, 0.05) is 7.26 Å². The summed E-state index contributed by atoms with van der Waals surface area (Å²) in [6.45, 7) is 4.72. The minimum absolute atomic E-state index is 1.02. The summed E-state index contributed by atoms with van der Waals surface area (Å²) in [5.41, 5.74) is 0. The van der Waals surface area contributed by atoms with E-state index in [1.54, 1.807) is 6.08 Å². The molecule has 0 bridgehead atoms. The predicted molar refractivity (Wildman–Crippen MR) is 76.8 cm³/mol. The van der Waals surface area contributed by atoms with Gasteiger partial charge >= 0.3 is 0 Å². The first-order chi connectivity index (χ1) is 7.67. The second-order valence-corrected chi connectivity index (χ2v) is 8.41. The van der Waals surface area contributed by atoms with Gasteiger partial charge in [0.05, 0.1) is 24.8 Å². The van der Waals surface area contributed by atoms with Crippen LogP contribution in [0.15, 0.2) is 54.6 Å². The maximum atomic E-state index is 5.12. The highest BCUT2D eigenvalue weighted by molar-refractivity contribution is 7.81. The molecule has 0 saturated carbocycles. The van der Waals surface area contributed by atoms with Crippen LogP contribution >= 0.6 is 7.26 Å². The van der Waals surface area contributed by atoms with Gasteiger partial charge in [-0.15, -0.1) is 6.42 Å². The number of hydrogen-bond donors (Lipinski definition) is 0. The molecule has 16 heavy (non-hydrogen) atoms. The van der Waals surface area contributed by atoms with Crippen molar-refractivity contribution in [1.29, 1.82) is 0 Å². The molecule has 0 heterocycles. The van der Waals surface area contributed by atoms with Crippen LogP contribution in [-0.4, -0.2) is 19.5 Å². The van der Waals surface area contributed by atoms with E-state index in [0.29, 0.717) is 0 Å². The fourth-order valence-corrected chi connectivity index (χ4v) is 3.29. The Hall–Kier alpha value is -1.31. The Morgan fingerprint density at radius 2 is 1.88 bits per heavy atom. The average Bonchev–Trinajstić information content (AvgIpc) is 2.30. The summed E-state index contributed by atoms with van der Waals surface area (Å²) in [5, 5.41) is 1.47. The highest BCUT2D eigenvalue weighted by Gasteiger charge is 2.25. The van der Waals surface area contributed by atoms with Crippen molar-refractivity contribution in [3.05, 3.63) is 54.6 Å². The molecule has 0 fully saturated rings. The molecule has 0 N–H and O–H groups in total. The van der Waals surface area contributed by atoms with E-state index in [9.17, 15) is 0 Å². The topological polar surface area (TPSA) is 0 Å². The maximum Gasteiger partial charge on any atom is 0.0936 e. The Morgan fingerprint density at radius 1 is 1.19 bits per heavy atom. The van der Waals surface area contributed by atoms with Gasteiger partial charge in [-0.1, -0.05) is 36.3 Å². The molecule has 0 nitrogen and oxygen atoms in total. The van der Waals surface area contributed by atoms with Crippen molar-refractivity contribution in [3.63, 3.8) is 0 Å². The Morgan fingerprint density at radius 3 is 2.50 bits per heavy atom. The second kappa shape index (κ2) is 6.31. The zero-order valence-corrected chi connectivity index (χ0v) is 10.8. The molecule has 82 valence electrons. The van der Waals surface area contributed by atoms with Gasteiger partial charge in [-0.3, -0.25) is 0 Å². The van der Waals surface area contributed by atoms with Crippen molar-refractivity contribution < 1.29 is 0 Å². The fraction of sp³-hybridized carbons (Fsp3) is 0.200. The Bertz CT molecular complexity index is 405. The largest absolute Gasteiger partial charge is 0.115 e. The first-order valence-corrected chi connectivity index (χ1v) is 8.20. The lowest BCUT2D eigenvalue weighted by atomic mass is 10.4. The smallest absolute Gasteiger partial charge is 0.0936 e. The van der Waals surface area contributed by atoms with Crippen LogP contribution in [0.2, 0.25) is 0 Å². The van der Waals surface area contributed by atoms with Crippen LogP contribution in [0.25, 0.3) is 0 Å². The average molecular weight is 229 g/mol. The standard InChI is InChI=1S/C15H18P/c1-4-5-6-7-11-14-16(2,3)15-12-9-8-10-13-15/h1,5-13H,14H2,2-3H3/q+1/b6-5-,11-7-.